The van der Waals surface area contributed by atoms with Gasteiger partial charge in [0.25, 0.3) is 0 Å². The normalized spacial score (nSPS) is 11.3. The summed E-state index contributed by atoms with van der Waals surface area (Å²) in [6, 6.07) is 7.81. The number of hydrogen-bond acceptors (Lipinski definition) is 3. The average Bonchev–Trinajstić information content (AvgIpc) is 2.39. The molecule has 0 aliphatic heterocycles. The van der Waals surface area contributed by atoms with Crippen LogP contribution in [0.3, 0.4) is 0 Å². The van der Waals surface area contributed by atoms with Crippen molar-refractivity contribution in [2.45, 2.75) is 58.6 Å². The molecule has 0 saturated heterocycles. The van der Waals surface area contributed by atoms with E-state index in [4.69, 9.17) is 9.84 Å². The van der Waals surface area contributed by atoms with Gasteiger partial charge in [-0.2, -0.15) is 0 Å². The Bertz CT molecular complexity index is 506. The van der Waals surface area contributed by atoms with Crippen LogP contribution in [-0.2, 0) is 16.0 Å². The maximum atomic E-state index is 11.7. The van der Waals surface area contributed by atoms with E-state index in [1.54, 1.807) is 0 Å². The van der Waals surface area contributed by atoms with Crippen molar-refractivity contribution in [3.8, 4) is 5.75 Å². The van der Waals surface area contributed by atoms with Gasteiger partial charge in [-0.05, 0) is 58.2 Å². The summed E-state index contributed by atoms with van der Waals surface area (Å²) in [6.45, 7) is 6.90. The topological polar surface area (TPSA) is 75.6 Å². The highest BCUT2D eigenvalue weighted by atomic mass is 16.5. The lowest BCUT2D eigenvalue weighted by Crippen LogP contribution is -2.49. The number of carbonyl (C=O) groups is 2. The van der Waals surface area contributed by atoms with Crippen molar-refractivity contribution in [3.05, 3.63) is 29.8 Å². The van der Waals surface area contributed by atoms with Gasteiger partial charge >= 0.3 is 5.97 Å². The number of aliphatic carboxylic acids is 1. The number of ether oxygens (including phenoxy) is 1. The van der Waals surface area contributed by atoms with Crippen LogP contribution < -0.4 is 10.1 Å². The predicted octanol–water partition coefficient (Wildman–Crippen LogP) is 2.78. The Morgan fingerprint density at radius 2 is 1.82 bits per heavy atom. The van der Waals surface area contributed by atoms with Crippen LogP contribution in [0.25, 0.3) is 0 Å². The zero-order chi connectivity index (χ0) is 16.8. The van der Waals surface area contributed by atoms with E-state index in [0.29, 0.717) is 12.8 Å². The van der Waals surface area contributed by atoms with Gasteiger partial charge in [-0.3, -0.25) is 4.79 Å². The van der Waals surface area contributed by atoms with Crippen LogP contribution in [0.5, 0.6) is 5.75 Å². The van der Waals surface area contributed by atoms with Crippen LogP contribution in [-0.4, -0.2) is 28.6 Å². The van der Waals surface area contributed by atoms with E-state index < -0.39 is 11.5 Å². The van der Waals surface area contributed by atoms with Crippen molar-refractivity contribution in [3.63, 3.8) is 0 Å². The number of aryl methyl sites for hydroxylation is 1. The molecule has 0 heterocycles. The minimum absolute atomic E-state index is 0.145. The number of rotatable bonds is 8. The van der Waals surface area contributed by atoms with Crippen molar-refractivity contribution >= 4 is 11.9 Å². The fourth-order valence-corrected chi connectivity index (χ4v) is 1.92. The first-order valence-corrected chi connectivity index (χ1v) is 7.50. The van der Waals surface area contributed by atoms with E-state index in [1.807, 2.05) is 38.1 Å². The highest BCUT2D eigenvalue weighted by Gasteiger charge is 2.28. The Morgan fingerprint density at radius 1 is 1.23 bits per heavy atom. The molecule has 5 nitrogen and oxygen atoms in total. The summed E-state index contributed by atoms with van der Waals surface area (Å²) < 4.78 is 5.57. The van der Waals surface area contributed by atoms with Gasteiger partial charge in [0.15, 0.2) is 0 Å². The van der Waals surface area contributed by atoms with Gasteiger partial charge in [0.2, 0.25) is 5.91 Å². The number of carboxylic acid groups (broad SMARTS) is 1. The Morgan fingerprint density at radius 3 is 2.32 bits per heavy atom. The summed E-state index contributed by atoms with van der Waals surface area (Å²) in [6.07, 6.45) is 1.89. The quantitative estimate of drug-likeness (QED) is 0.774. The first kappa shape index (κ1) is 18.0. The van der Waals surface area contributed by atoms with E-state index in [-0.39, 0.29) is 12.0 Å². The molecule has 2 N–H and O–H groups in total. The van der Waals surface area contributed by atoms with Gasteiger partial charge in [-0.25, -0.2) is 4.79 Å². The molecule has 1 aromatic carbocycles. The third kappa shape index (κ3) is 6.16. The van der Waals surface area contributed by atoms with E-state index >= 15 is 0 Å². The summed E-state index contributed by atoms with van der Waals surface area (Å²) in [5.41, 5.74) is -0.103. The molecule has 0 aliphatic rings. The Hall–Kier alpha value is -2.04. The Kier molecular flexibility index (Phi) is 6.40. The lowest BCUT2D eigenvalue weighted by molar-refractivity contribution is -0.146. The lowest BCUT2D eigenvalue weighted by atomic mass is 10.0. The second kappa shape index (κ2) is 7.82. The minimum atomic E-state index is -1.23. The van der Waals surface area contributed by atoms with E-state index in [0.717, 1.165) is 17.7 Å². The summed E-state index contributed by atoms with van der Waals surface area (Å²) >= 11 is 0. The van der Waals surface area contributed by atoms with Crippen LogP contribution in [0, 0.1) is 0 Å². The minimum Gasteiger partial charge on any atom is -0.491 e. The van der Waals surface area contributed by atoms with E-state index in [9.17, 15) is 9.59 Å². The van der Waals surface area contributed by atoms with Gasteiger partial charge in [-0.1, -0.05) is 12.1 Å². The molecule has 0 aliphatic carbocycles. The van der Waals surface area contributed by atoms with E-state index in [1.165, 1.54) is 13.8 Å². The van der Waals surface area contributed by atoms with Crippen LogP contribution in [0.1, 0.15) is 46.1 Å². The molecular weight excluding hydrogens is 282 g/mol. The molecule has 0 unspecified atom stereocenters. The highest BCUT2D eigenvalue weighted by molar-refractivity contribution is 5.86. The van der Waals surface area contributed by atoms with Crippen molar-refractivity contribution in [1.82, 2.24) is 5.32 Å². The van der Waals surface area contributed by atoms with Crippen molar-refractivity contribution in [1.29, 1.82) is 0 Å². The van der Waals surface area contributed by atoms with Gasteiger partial charge in [0, 0.05) is 6.42 Å². The van der Waals surface area contributed by atoms with Crippen LogP contribution >= 0.6 is 0 Å². The zero-order valence-electron chi connectivity index (χ0n) is 13.7. The molecule has 1 aromatic rings. The molecule has 122 valence electrons. The van der Waals surface area contributed by atoms with Gasteiger partial charge in [0.05, 0.1) is 6.10 Å². The number of nitrogens with one attached hydrogen (secondary N) is 1. The second-order valence-electron chi connectivity index (χ2n) is 6.14. The zero-order valence-corrected chi connectivity index (χ0v) is 13.7. The molecular formula is C17H25NO4. The SMILES string of the molecule is CC(C)Oc1ccc(CCCC(=O)NC(C)(C)C(=O)O)cc1. The largest absolute Gasteiger partial charge is 0.491 e. The maximum Gasteiger partial charge on any atom is 0.328 e. The third-order valence-electron chi connectivity index (χ3n) is 3.15. The molecule has 1 amide bonds. The van der Waals surface area contributed by atoms with E-state index in [2.05, 4.69) is 5.32 Å². The first-order valence-electron chi connectivity index (χ1n) is 7.50. The maximum absolute atomic E-state index is 11.7. The molecule has 0 fully saturated rings. The predicted molar refractivity (Wildman–Crippen MR) is 85.0 cm³/mol. The second-order valence-corrected chi connectivity index (χ2v) is 6.14. The van der Waals surface area contributed by atoms with Gasteiger partial charge in [-0.15, -0.1) is 0 Å². The lowest BCUT2D eigenvalue weighted by Gasteiger charge is -2.20. The summed E-state index contributed by atoms with van der Waals surface area (Å²) in [5, 5.41) is 11.5. The van der Waals surface area contributed by atoms with Gasteiger partial charge < -0.3 is 15.2 Å². The average molecular weight is 307 g/mol. The molecule has 0 saturated carbocycles. The van der Waals surface area contributed by atoms with Crippen molar-refractivity contribution < 1.29 is 19.4 Å². The number of hydrogen-bond donors (Lipinski definition) is 2. The highest BCUT2D eigenvalue weighted by Crippen LogP contribution is 2.15. The Labute approximate surface area is 131 Å². The summed E-state index contributed by atoms with van der Waals surface area (Å²) in [5.74, 6) is -0.451. The molecule has 5 heteroatoms. The third-order valence-corrected chi connectivity index (χ3v) is 3.15. The molecule has 0 spiro atoms. The van der Waals surface area contributed by atoms with Crippen molar-refractivity contribution in [2.24, 2.45) is 0 Å². The smallest absolute Gasteiger partial charge is 0.328 e. The van der Waals surface area contributed by atoms with Crippen molar-refractivity contribution in [2.75, 3.05) is 0 Å². The Balaban J connectivity index is 2.38. The fourth-order valence-electron chi connectivity index (χ4n) is 1.92. The van der Waals surface area contributed by atoms with Gasteiger partial charge in [0.1, 0.15) is 11.3 Å². The molecule has 0 aromatic heterocycles. The summed E-state index contributed by atoms with van der Waals surface area (Å²) in [4.78, 5) is 22.7. The molecule has 0 bridgehead atoms. The monoisotopic (exact) mass is 307 g/mol. The number of carbonyl (C=O) groups excluding carboxylic acids is 1. The molecule has 0 radical (unpaired) electrons. The molecule has 22 heavy (non-hydrogen) atoms. The molecule has 1 rings (SSSR count). The number of carboxylic acids is 1. The first-order chi connectivity index (χ1) is 10.2. The number of benzene rings is 1. The van der Waals surface area contributed by atoms with Crippen LogP contribution in [0.2, 0.25) is 0 Å². The standard InChI is InChI=1S/C17H25NO4/c1-12(2)22-14-10-8-13(9-11-14)6-5-7-15(19)18-17(3,4)16(20)21/h8-12H,5-7H2,1-4H3,(H,18,19)(H,20,21). The summed E-state index contributed by atoms with van der Waals surface area (Å²) in [7, 11) is 0. The van der Waals surface area contributed by atoms with Crippen LogP contribution in [0.15, 0.2) is 24.3 Å². The van der Waals surface area contributed by atoms with Crippen LogP contribution in [0.4, 0.5) is 0 Å². The number of amides is 1. The molecule has 0 atom stereocenters. The fraction of sp³-hybridized carbons (Fsp3) is 0.529.